The zero-order chi connectivity index (χ0) is 16.6. The lowest BCUT2D eigenvalue weighted by molar-refractivity contribution is 0.0599. The average molecular weight is 312 g/mol. The Morgan fingerprint density at radius 2 is 2.04 bits per heavy atom. The number of rotatable bonds is 3. The summed E-state index contributed by atoms with van der Waals surface area (Å²) < 4.78 is 4.75. The van der Waals surface area contributed by atoms with Crippen LogP contribution in [0.5, 0.6) is 0 Å². The number of carbonyl (C=O) groups is 2. The monoisotopic (exact) mass is 312 g/mol. The predicted molar refractivity (Wildman–Crippen MR) is 85.7 cm³/mol. The number of ether oxygens (including phenoxy) is 1. The van der Waals surface area contributed by atoms with Gasteiger partial charge in [0.2, 0.25) is 0 Å². The number of amides is 1. The van der Waals surface area contributed by atoms with Crippen molar-refractivity contribution < 1.29 is 14.3 Å². The van der Waals surface area contributed by atoms with Crippen molar-refractivity contribution in [2.45, 2.75) is 13.8 Å². The normalized spacial score (nSPS) is 10.7. The molecule has 1 aromatic carbocycles. The number of esters is 1. The first kappa shape index (κ1) is 14.8. The van der Waals surface area contributed by atoms with E-state index >= 15 is 0 Å². The van der Waals surface area contributed by atoms with Crippen molar-refractivity contribution in [3.63, 3.8) is 0 Å². The molecule has 2 aromatic heterocycles. The van der Waals surface area contributed by atoms with Crippen molar-refractivity contribution in [3.8, 4) is 0 Å². The summed E-state index contributed by atoms with van der Waals surface area (Å²) in [5.41, 5.74) is 3.24. The van der Waals surface area contributed by atoms with Crippen LogP contribution in [0.15, 0.2) is 24.4 Å². The van der Waals surface area contributed by atoms with Crippen LogP contribution in [0, 0.1) is 13.8 Å². The molecule has 7 heteroatoms. The van der Waals surface area contributed by atoms with E-state index in [9.17, 15) is 9.59 Å². The summed E-state index contributed by atoms with van der Waals surface area (Å²) in [5.74, 6) is -0.797. The molecule has 1 amide bonds. The molecule has 3 N–H and O–H groups in total. The number of aromatic amines is 2. The first-order valence-corrected chi connectivity index (χ1v) is 7.04. The first-order valence-electron chi connectivity index (χ1n) is 7.04. The van der Waals surface area contributed by atoms with E-state index in [1.165, 1.54) is 7.11 Å². The van der Waals surface area contributed by atoms with Gasteiger partial charge in [-0.2, -0.15) is 5.10 Å². The molecular weight excluding hydrogens is 296 g/mol. The zero-order valence-electron chi connectivity index (χ0n) is 13.0. The number of para-hydroxylation sites is 1. The van der Waals surface area contributed by atoms with Crippen LogP contribution in [-0.4, -0.2) is 34.2 Å². The van der Waals surface area contributed by atoms with Crippen molar-refractivity contribution in [3.05, 3.63) is 46.9 Å². The largest absolute Gasteiger partial charge is 0.465 e. The number of hydrogen-bond acceptors (Lipinski definition) is 4. The summed E-state index contributed by atoms with van der Waals surface area (Å²) in [6.45, 7) is 3.44. The van der Waals surface area contributed by atoms with Gasteiger partial charge < -0.3 is 15.0 Å². The third-order valence-electron chi connectivity index (χ3n) is 3.78. The van der Waals surface area contributed by atoms with Crippen LogP contribution in [0.3, 0.4) is 0 Å². The molecule has 2 heterocycles. The van der Waals surface area contributed by atoms with Gasteiger partial charge in [0.1, 0.15) is 5.69 Å². The maximum absolute atomic E-state index is 12.5. The molecule has 0 fully saturated rings. The van der Waals surface area contributed by atoms with Gasteiger partial charge in [0, 0.05) is 11.1 Å². The van der Waals surface area contributed by atoms with Crippen LogP contribution in [0.4, 0.5) is 5.69 Å². The fourth-order valence-electron chi connectivity index (χ4n) is 2.64. The summed E-state index contributed by atoms with van der Waals surface area (Å²) in [4.78, 5) is 27.3. The van der Waals surface area contributed by atoms with E-state index in [0.717, 1.165) is 10.9 Å². The van der Waals surface area contributed by atoms with Gasteiger partial charge in [-0.25, -0.2) is 4.79 Å². The molecule has 0 atom stereocenters. The molecule has 118 valence electrons. The fourth-order valence-corrected chi connectivity index (χ4v) is 2.64. The molecular formula is C16H16N4O3. The van der Waals surface area contributed by atoms with Gasteiger partial charge in [0.25, 0.3) is 5.91 Å². The third-order valence-corrected chi connectivity index (χ3v) is 3.78. The van der Waals surface area contributed by atoms with Gasteiger partial charge >= 0.3 is 5.97 Å². The number of hydrogen-bond donors (Lipinski definition) is 3. The standard InChI is InChI=1S/C16H16N4O3/c1-8-12(16(22)23-3)9(2)18-13(8)15(21)19-11-6-4-5-10-7-17-20-14(10)11/h4-7,18H,1-3H3,(H,17,20)(H,19,21). The number of aryl methyl sites for hydroxylation is 1. The highest BCUT2D eigenvalue weighted by atomic mass is 16.5. The van der Waals surface area contributed by atoms with Crippen LogP contribution in [0.25, 0.3) is 10.9 Å². The van der Waals surface area contributed by atoms with Crippen molar-refractivity contribution in [2.75, 3.05) is 12.4 Å². The lowest BCUT2D eigenvalue weighted by atomic mass is 10.1. The molecule has 0 spiro atoms. The topological polar surface area (TPSA) is 99.9 Å². The lowest BCUT2D eigenvalue weighted by Gasteiger charge is -2.06. The van der Waals surface area contributed by atoms with Crippen LogP contribution >= 0.6 is 0 Å². The van der Waals surface area contributed by atoms with E-state index in [1.807, 2.05) is 12.1 Å². The van der Waals surface area contributed by atoms with E-state index in [2.05, 4.69) is 20.5 Å². The van der Waals surface area contributed by atoms with E-state index in [4.69, 9.17) is 4.74 Å². The lowest BCUT2D eigenvalue weighted by Crippen LogP contribution is -2.14. The molecule has 3 rings (SSSR count). The van der Waals surface area contributed by atoms with Gasteiger partial charge in [-0.1, -0.05) is 12.1 Å². The molecule has 0 aliphatic heterocycles. The number of anilines is 1. The van der Waals surface area contributed by atoms with E-state index in [0.29, 0.717) is 28.2 Å². The van der Waals surface area contributed by atoms with Gasteiger partial charge in [-0.05, 0) is 25.5 Å². The molecule has 0 saturated heterocycles. The second kappa shape index (κ2) is 5.60. The maximum Gasteiger partial charge on any atom is 0.339 e. The van der Waals surface area contributed by atoms with Crippen LogP contribution < -0.4 is 5.32 Å². The molecule has 0 saturated carbocycles. The Labute approximate surface area is 132 Å². The SMILES string of the molecule is COC(=O)c1c(C)[nH]c(C(=O)Nc2cccc3cn[nH]c23)c1C. The highest BCUT2D eigenvalue weighted by molar-refractivity contribution is 6.09. The Balaban J connectivity index is 1.95. The minimum absolute atomic E-state index is 0.331. The van der Waals surface area contributed by atoms with Crippen LogP contribution in [0.1, 0.15) is 32.1 Å². The third kappa shape index (κ3) is 2.46. The van der Waals surface area contributed by atoms with Crippen molar-refractivity contribution >= 4 is 28.5 Å². The molecule has 0 aliphatic carbocycles. The van der Waals surface area contributed by atoms with Gasteiger partial charge in [-0.15, -0.1) is 0 Å². The first-order chi connectivity index (χ1) is 11.0. The number of aromatic nitrogens is 3. The quantitative estimate of drug-likeness (QED) is 0.647. The number of benzene rings is 1. The molecule has 7 nitrogen and oxygen atoms in total. The molecule has 0 radical (unpaired) electrons. The summed E-state index contributed by atoms with van der Waals surface area (Å²) in [6.07, 6.45) is 1.68. The average Bonchev–Trinajstić information content (AvgIpc) is 3.12. The Bertz CT molecular complexity index is 907. The molecule has 0 unspecified atom stereocenters. The highest BCUT2D eigenvalue weighted by Gasteiger charge is 2.22. The minimum Gasteiger partial charge on any atom is -0.465 e. The predicted octanol–water partition coefficient (Wildman–Crippen LogP) is 2.55. The second-order valence-electron chi connectivity index (χ2n) is 5.21. The van der Waals surface area contributed by atoms with Crippen molar-refractivity contribution in [1.82, 2.24) is 15.2 Å². The van der Waals surface area contributed by atoms with Crippen molar-refractivity contribution in [2.24, 2.45) is 0 Å². The summed E-state index contributed by atoms with van der Waals surface area (Å²) in [6, 6.07) is 5.51. The minimum atomic E-state index is -0.467. The van der Waals surface area contributed by atoms with E-state index in [-0.39, 0.29) is 5.91 Å². The van der Waals surface area contributed by atoms with Crippen LogP contribution in [0.2, 0.25) is 0 Å². The molecule has 0 bridgehead atoms. The van der Waals surface area contributed by atoms with Gasteiger partial charge in [0.05, 0.1) is 30.1 Å². The number of H-pyrrole nitrogens is 2. The Morgan fingerprint density at radius 1 is 1.26 bits per heavy atom. The fraction of sp³-hybridized carbons (Fsp3) is 0.188. The number of fused-ring (bicyclic) bond motifs is 1. The second-order valence-corrected chi connectivity index (χ2v) is 5.21. The van der Waals surface area contributed by atoms with Gasteiger partial charge in [-0.3, -0.25) is 9.89 Å². The molecule has 23 heavy (non-hydrogen) atoms. The van der Waals surface area contributed by atoms with E-state index < -0.39 is 5.97 Å². The van der Waals surface area contributed by atoms with Gasteiger partial charge in [0.15, 0.2) is 0 Å². The highest BCUT2D eigenvalue weighted by Crippen LogP contribution is 2.23. The van der Waals surface area contributed by atoms with Crippen molar-refractivity contribution in [1.29, 1.82) is 0 Å². The summed E-state index contributed by atoms with van der Waals surface area (Å²) in [5, 5.41) is 10.6. The van der Waals surface area contributed by atoms with E-state index in [1.54, 1.807) is 26.1 Å². The number of carbonyl (C=O) groups excluding carboxylic acids is 2. The zero-order valence-corrected chi connectivity index (χ0v) is 13.0. The van der Waals surface area contributed by atoms with Crippen LogP contribution in [-0.2, 0) is 4.74 Å². The Hall–Kier alpha value is -3.09. The Kier molecular flexibility index (Phi) is 3.61. The number of methoxy groups -OCH3 is 1. The Morgan fingerprint density at radius 3 is 2.78 bits per heavy atom. The smallest absolute Gasteiger partial charge is 0.339 e. The maximum atomic E-state index is 12.5. The summed E-state index contributed by atoms with van der Waals surface area (Å²) in [7, 11) is 1.31. The molecule has 3 aromatic rings. The summed E-state index contributed by atoms with van der Waals surface area (Å²) >= 11 is 0. The number of nitrogens with one attached hydrogen (secondary N) is 3. The molecule has 0 aliphatic rings. The number of nitrogens with zero attached hydrogens (tertiary/aromatic N) is 1.